The third-order valence-corrected chi connectivity index (χ3v) is 2.94. The first-order chi connectivity index (χ1) is 9.40. The molecule has 2 heterocycles. The van der Waals surface area contributed by atoms with E-state index in [2.05, 4.69) is 19.9 Å². The average molecular weight is 260 g/mol. The number of hydrogen-bond acceptors (Lipinski definition) is 4. The van der Waals surface area contributed by atoms with E-state index in [1.54, 1.807) is 13.3 Å². The maximum absolute atomic E-state index is 5.21. The van der Waals surface area contributed by atoms with Crippen LogP contribution in [0.4, 0.5) is 0 Å². The van der Waals surface area contributed by atoms with Crippen LogP contribution in [-0.4, -0.2) is 28.2 Å². The summed E-state index contributed by atoms with van der Waals surface area (Å²) in [6, 6.07) is 3.96. The first-order valence-corrected chi connectivity index (χ1v) is 6.54. The first kappa shape index (κ1) is 13.5. The van der Waals surface area contributed by atoms with Crippen molar-refractivity contribution in [1.82, 2.24) is 19.9 Å². The summed E-state index contributed by atoms with van der Waals surface area (Å²) < 4.78 is 7.31. The Hall–Kier alpha value is -1.88. The maximum Gasteiger partial charge on any atom is 0.217 e. The molecule has 0 amide bonds. The summed E-state index contributed by atoms with van der Waals surface area (Å²) in [5.41, 5.74) is 1.10. The Kier molecular flexibility index (Phi) is 5.37. The number of ether oxygens (including phenoxy) is 1. The minimum Gasteiger partial charge on any atom is -0.481 e. The average Bonchev–Trinajstić information content (AvgIpc) is 2.96. The molecule has 0 aromatic carbocycles. The quantitative estimate of drug-likeness (QED) is 0.736. The molecule has 0 unspecified atom stereocenters. The second kappa shape index (κ2) is 7.53. The van der Waals surface area contributed by atoms with Crippen molar-refractivity contribution in [2.45, 2.75) is 25.9 Å². The van der Waals surface area contributed by atoms with Crippen molar-refractivity contribution in [3.63, 3.8) is 0 Å². The largest absolute Gasteiger partial charge is 0.481 e. The van der Waals surface area contributed by atoms with Crippen molar-refractivity contribution >= 4 is 0 Å². The summed E-state index contributed by atoms with van der Waals surface area (Å²) in [5, 5.41) is 3.41. The van der Waals surface area contributed by atoms with Crippen LogP contribution in [0, 0.1) is 0 Å². The van der Waals surface area contributed by atoms with Gasteiger partial charge >= 0.3 is 0 Å². The standard InChI is InChI=1S/C14H20N4O/c1-19-14-13(5-4-7-17-14)11-15-6-2-3-9-18-10-8-16-12-18/h4-5,7-8,10,12,15H,2-3,6,9,11H2,1H3. The first-order valence-electron chi connectivity index (χ1n) is 6.54. The summed E-state index contributed by atoms with van der Waals surface area (Å²) in [6.07, 6.45) is 9.69. The highest BCUT2D eigenvalue weighted by molar-refractivity contribution is 5.24. The van der Waals surface area contributed by atoms with E-state index in [9.17, 15) is 0 Å². The van der Waals surface area contributed by atoms with Gasteiger partial charge in [0, 0.05) is 37.2 Å². The fraction of sp³-hybridized carbons (Fsp3) is 0.429. The van der Waals surface area contributed by atoms with Gasteiger partial charge in [0.15, 0.2) is 0 Å². The second-order valence-corrected chi connectivity index (χ2v) is 4.36. The SMILES string of the molecule is COc1ncccc1CNCCCCn1ccnc1. The van der Waals surface area contributed by atoms with Gasteiger partial charge in [-0.15, -0.1) is 0 Å². The fourth-order valence-electron chi connectivity index (χ4n) is 1.93. The zero-order valence-electron chi connectivity index (χ0n) is 11.2. The number of imidazole rings is 1. The number of nitrogens with one attached hydrogen (secondary N) is 1. The van der Waals surface area contributed by atoms with Gasteiger partial charge < -0.3 is 14.6 Å². The lowest BCUT2D eigenvalue weighted by molar-refractivity contribution is 0.390. The zero-order valence-corrected chi connectivity index (χ0v) is 11.2. The number of aryl methyl sites for hydroxylation is 1. The molecule has 2 aromatic rings. The highest BCUT2D eigenvalue weighted by Gasteiger charge is 2.01. The van der Waals surface area contributed by atoms with Crippen LogP contribution >= 0.6 is 0 Å². The Balaban J connectivity index is 1.61. The van der Waals surface area contributed by atoms with E-state index in [1.807, 2.05) is 30.9 Å². The summed E-state index contributed by atoms with van der Waals surface area (Å²) >= 11 is 0. The van der Waals surface area contributed by atoms with Crippen molar-refractivity contribution in [3.05, 3.63) is 42.6 Å². The van der Waals surface area contributed by atoms with Crippen LogP contribution < -0.4 is 10.1 Å². The van der Waals surface area contributed by atoms with Crippen molar-refractivity contribution < 1.29 is 4.74 Å². The van der Waals surface area contributed by atoms with Gasteiger partial charge in [-0.25, -0.2) is 9.97 Å². The van der Waals surface area contributed by atoms with E-state index in [0.29, 0.717) is 5.88 Å². The van der Waals surface area contributed by atoms with Gasteiger partial charge in [0.2, 0.25) is 5.88 Å². The number of unbranched alkanes of at least 4 members (excludes halogenated alkanes) is 1. The number of nitrogens with zero attached hydrogens (tertiary/aromatic N) is 3. The Morgan fingerprint density at radius 1 is 1.32 bits per heavy atom. The van der Waals surface area contributed by atoms with Crippen molar-refractivity contribution in [3.8, 4) is 5.88 Å². The van der Waals surface area contributed by atoms with E-state index in [1.165, 1.54) is 0 Å². The Morgan fingerprint density at radius 3 is 3.05 bits per heavy atom. The molecular formula is C14H20N4O. The van der Waals surface area contributed by atoms with Crippen LogP contribution in [0.5, 0.6) is 5.88 Å². The van der Waals surface area contributed by atoms with Gasteiger partial charge in [0.1, 0.15) is 0 Å². The number of rotatable bonds is 8. The molecule has 0 spiro atoms. The van der Waals surface area contributed by atoms with Crippen molar-refractivity contribution in [2.24, 2.45) is 0 Å². The number of pyridine rings is 1. The van der Waals surface area contributed by atoms with Crippen LogP contribution in [0.15, 0.2) is 37.1 Å². The lowest BCUT2D eigenvalue weighted by atomic mass is 10.2. The molecule has 0 fully saturated rings. The molecule has 0 radical (unpaired) electrons. The molecule has 0 atom stereocenters. The van der Waals surface area contributed by atoms with E-state index in [-0.39, 0.29) is 0 Å². The summed E-state index contributed by atoms with van der Waals surface area (Å²) in [6.45, 7) is 2.81. The molecule has 0 saturated heterocycles. The molecule has 2 aromatic heterocycles. The summed E-state index contributed by atoms with van der Waals surface area (Å²) in [5.74, 6) is 0.702. The van der Waals surface area contributed by atoms with Crippen LogP contribution in [0.3, 0.4) is 0 Å². The number of methoxy groups -OCH3 is 1. The Bertz CT molecular complexity index is 470. The lowest BCUT2D eigenvalue weighted by Gasteiger charge is -2.08. The molecule has 2 rings (SSSR count). The zero-order chi connectivity index (χ0) is 13.3. The molecule has 0 aliphatic heterocycles. The monoisotopic (exact) mass is 260 g/mol. The minimum absolute atomic E-state index is 0.702. The highest BCUT2D eigenvalue weighted by atomic mass is 16.5. The lowest BCUT2D eigenvalue weighted by Crippen LogP contribution is -2.16. The van der Waals surface area contributed by atoms with E-state index in [4.69, 9.17) is 4.74 Å². The van der Waals surface area contributed by atoms with Crippen molar-refractivity contribution in [2.75, 3.05) is 13.7 Å². The van der Waals surface area contributed by atoms with Gasteiger partial charge in [0.05, 0.1) is 13.4 Å². The predicted octanol–water partition coefficient (Wildman–Crippen LogP) is 1.86. The number of hydrogen-bond donors (Lipinski definition) is 1. The molecule has 19 heavy (non-hydrogen) atoms. The van der Waals surface area contributed by atoms with Gasteiger partial charge in [-0.2, -0.15) is 0 Å². The van der Waals surface area contributed by atoms with E-state index < -0.39 is 0 Å². The molecule has 1 N–H and O–H groups in total. The van der Waals surface area contributed by atoms with Crippen LogP contribution in [0.1, 0.15) is 18.4 Å². The van der Waals surface area contributed by atoms with Gasteiger partial charge in [0.25, 0.3) is 0 Å². The fourth-order valence-corrected chi connectivity index (χ4v) is 1.93. The van der Waals surface area contributed by atoms with Crippen LogP contribution in [0.2, 0.25) is 0 Å². The molecule has 0 aliphatic carbocycles. The number of aromatic nitrogens is 3. The van der Waals surface area contributed by atoms with E-state index >= 15 is 0 Å². The van der Waals surface area contributed by atoms with Gasteiger partial charge in [-0.05, 0) is 25.5 Å². The van der Waals surface area contributed by atoms with E-state index in [0.717, 1.165) is 38.0 Å². The summed E-state index contributed by atoms with van der Waals surface area (Å²) in [4.78, 5) is 8.20. The molecule has 5 nitrogen and oxygen atoms in total. The van der Waals surface area contributed by atoms with Gasteiger partial charge in [-0.1, -0.05) is 6.07 Å². The molecule has 102 valence electrons. The second-order valence-electron chi connectivity index (χ2n) is 4.36. The normalized spacial score (nSPS) is 10.6. The topological polar surface area (TPSA) is 52.0 Å². The maximum atomic E-state index is 5.21. The highest BCUT2D eigenvalue weighted by Crippen LogP contribution is 2.12. The predicted molar refractivity (Wildman–Crippen MR) is 74.0 cm³/mol. The Labute approximate surface area is 113 Å². The van der Waals surface area contributed by atoms with Gasteiger partial charge in [-0.3, -0.25) is 0 Å². The summed E-state index contributed by atoms with van der Waals surface area (Å²) in [7, 11) is 1.65. The molecule has 5 heteroatoms. The Morgan fingerprint density at radius 2 is 2.26 bits per heavy atom. The third-order valence-electron chi connectivity index (χ3n) is 2.94. The molecule has 0 saturated carbocycles. The third kappa shape index (κ3) is 4.37. The smallest absolute Gasteiger partial charge is 0.217 e. The van der Waals surface area contributed by atoms with Crippen LogP contribution in [0.25, 0.3) is 0 Å². The molecular weight excluding hydrogens is 240 g/mol. The molecule has 0 aliphatic rings. The van der Waals surface area contributed by atoms with Crippen molar-refractivity contribution in [1.29, 1.82) is 0 Å². The minimum atomic E-state index is 0.702. The molecule has 0 bridgehead atoms. The van der Waals surface area contributed by atoms with Crippen LogP contribution in [-0.2, 0) is 13.1 Å².